The molecule has 5 heteroatoms. The Labute approximate surface area is 154 Å². The normalized spacial score (nSPS) is 24.4. The molecule has 2 heterocycles. The van der Waals surface area contributed by atoms with Gasteiger partial charge in [-0.1, -0.05) is 43.5 Å². The number of hydrogen-bond acceptors (Lipinski definition) is 1. The highest BCUT2D eigenvalue weighted by atomic mass is 35.5. The van der Waals surface area contributed by atoms with E-state index in [9.17, 15) is 10.3 Å². The molecule has 2 bridgehead atoms. The quantitative estimate of drug-likeness (QED) is 0.530. The van der Waals surface area contributed by atoms with Crippen LogP contribution in [-0.2, 0) is 11.2 Å². The highest BCUT2D eigenvalue weighted by molar-refractivity contribution is 6.63. The summed E-state index contributed by atoms with van der Waals surface area (Å²) in [4.78, 5) is 11.0. The lowest BCUT2D eigenvalue weighted by molar-refractivity contribution is -0.567. The summed E-state index contributed by atoms with van der Waals surface area (Å²) in [5, 5.41) is -0.332. The number of piperidine rings is 1. The number of halogens is 2. The minimum atomic E-state index is -0.332. The third-order valence-corrected chi connectivity index (χ3v) is 6.04. The lowest BCUT2D eigenvalue weighted by atomic mass is 9.60. The van der Waals surface area contributed by atoms with E-state index in [0.29, 0.717) is 5.41 Å². The summed E-state index contributed by atoms with van der Waals surface area (Å²) in [7, 11) is 0. The molecule has 2 fully saturated rings. The smallest absolute Gasteiger partial charge is 0.226 e. The van der Waals surface area contributed by atoms with Gasteiger partial charge in [-0.15, -0.1) is 12.4 Å². The van der Waals surface area contributed by atoms with Crippen LogP contribution < -0.4 is 0 Å². The van der Waals surface area contributed by atoms with Crippen LogP contribution in [0.5, 0.6) is 0 Å². The van der Waals surface area contributed by atoms with Crippen LogP contribution >= 0.6 is 24.0 Å². The van der Waals surface area contributed by atoms with E-state index in [0.717, 1.165) is 24.1 Å². The molecule has 0 amide bonds. The molecule has 4 aliphatic rings. The predicted octanol–water partition coefficient (Wildman–Crippen LogP) is 5.29. The molecule has 2 aliphatic heterocycles. The summed E-state index contributed by atoms with van der Waals surface area (Å²) >= 11 is 5.44. The van der Waals surface area contributed by atoms with Crippen LogP contribution in [0.1, 0.15) is 56.1 Å². The minimum Gasteiger partial charge on any atom is -0.500 e. The van der Waals surface area contributed by atoms with Gasteiger partial charge in [-0.05, 0) is 41.0 Å². The van der Waals surface area contributed by atoms with Gasteiger partial charge in [0.05, 0.1) is 5.57 Å². The molecule has 1 saturated heterocycles. The highest BCUT2D eigenvalue weighted by Crippen LogP contribution is 2.57. The topological polar surface area (TPSA) is 42.4 Å². The first-order valence-corrected chi connectivity index (χ1v) is 8.95. The largest absolute Gasteiger partial charge is 0.500 e. The Hall–Kier alpha value is -1.19. The number of carbonyl (C=O) groups is 1. The van der Waals surface area contributed by atoms with Gasteiger partial charge in [0.15, 0.2) is 11.7 Å². The molecule has 0 radical (unpaired) electrons. The van der Waals surface area contributed by atoms with E-state index in [4.69, 9.17) is 11.6 Å². The number of carbonyl (C=O) groups excluding carboxylic acids is 1. The Balaban J connectivity index is 0.00000169. The summed E-state index contributed by atoms with van der Waals surface area (Å²) in [6.07, 6.45) is 9.01. The summed E-state index contributed by atoms with van der Waals surface area (Å²) in [6.45, 7) is 0. The van der Waals surface area contributed by atoms with Crippen molar-refractivity contribution in [2.24, 2.45) is 5.41 Å². The summed E-state index contributed by atoms with van der Waals surface area (Å²) in [6, 6.07) is 8.20. The van der Waals surface area contributed by atoms with Crippen molar-refractivity contribution >= 4 is 34.8 Å². The zero-order valence-corrected chi connectivity index (χ0v) is 15.2. The molecule has 1 aromatic rings. The molecule has 1 spiro atoms. The number of hydrogen-bond donors (Lipinski definition) is 0. The van der Waals surface area contributed by atoms with Crippen molar-refractivity contribution in [3.8, 4) is 0 Å². The van der Waals surface area contributed by atoms with Gasteiger partial charge in [-0.3, -0.25) is 9.49 Å². The zero-order valence-electron chi connectivity index (χ0n) is 13.6. The molecule has 0 aromatic heterocycles. The second kappa shape index (κ2) is 6.61. The van der Waals surface area contributed by atoms with E-state index in [1.165, 1.54) is 47.9 Å². The number of allylic oxidation sites excluding steroid dienone is 1. The Morgan fingerprint density at radius 2 is 1.88 bits per heavy atom. The minimum absolute atomic E-state index is 0. The number of rotatable bonds is 3. The Morgan fingerprint density at radius 1 is 1.21 bits per heavy atom. The van der Waals surface area contributed by atoms with Crippen molar-refractivity contribution in [1.29, 1.82) is 0 Å². The van der Waals surface area contributed by atoms with Crippen molar-refractivity contribution in [1.82, 2.24) is 0 Å². The standard InChI is InChI=1S/C19H21ClN2O.ClH/c20-17(23)10-13-4-6-14(7-5-13)18-15-11-19(8-2-1-3-9-19)12-16(18)22(15)21;/h4-7,15H,1-3,8-12H2;1H. The lowest BCUT2D eigenvalue weighted by Gasteiger charge is -2.49. The third-order valence-electron chi connectivity index (χ3n) is 5.91. The molecule has 1 unspecified atom stereocenters. The fourth-order valence-electron chi connectivity index (χ4n) is 4.77. The summed E-state index contributed by atoms with van der Waals surface area (Å²) in [5.74, 6) is 0. The van der Waals surface area contributed by atoms with Crippen LogP contribution in [-0.4, -0.2) is 16.0 Å². The molecule has 128 valence electrons. The van der Waals surface area contributed by atoms with E-state index >= 15 is 0 Å². The van der Waals surface area contributed by atoms with Crippen molar-refractivity contribution in [2.45, 2.75) is 57.4 Å². The highest BCUT2D eigenvalue weighted by Gasteiger charge is 2.54. The molecule has 2 aliphatic carbocycles. The fourth-order valence-corrected chi connectivity index (χ4v) is 4.92. The van der Waals surface area contributed by atoms with E-state index in [1.54, 1.807) is 0 Å². The first kappa shape index (κ1) is 17.6. The molecule has 1 atom stereocenters. The predicted molar refractivity (Wildman–Crippen MR) is 97.3 cm³/mol. The van der Waals surface area contributed by atoms with Crippen LogP contribution in [0.25, 0.3) is 11.1 Å². The second-order valence-electron chi connectivity index (χ2n) is 7.39. The summed E-state index contributed by atoms with van der Waals surface area (Å²) in [5.41, 5.74) is 15.2. The van der Waals surface area contributed by atoms with Crippen molar-refractivity contribution in [3.63, 3.8) is 0 Å². The van der Waals surface area contributed by atoms with Crippen LogP contribution in [0.4, 0.5) is 0 Å². The van der Waals surface area contributed by atoms with E-state index in [2.05, 4.69) is 12.1 Å². The molecular formula is C19H22Cl2N2O. The van der Waals surface area contributed by atoms with Crippen LogP contribution in [0.2, 0.25) is 0 Å². The molecule has 5 rings (SSSR count). The first-order chi connectivity index (χ1) is 11.1. The van der Waals surface area contributed by atoms with E-state index in [-0.39, 0.29) is 30.1 Å². The molecular weight excluding hydrogens is 343 g/mol. The molecule has 1 saturated carbocycles. The van der Waals surface area contributed by atoms with Gasteiger partial charge in [0.25, 0.3) is 0 Å². The van der Waals surface area contributed by atoms with Crippen molar-refractivity contribution in [3.05, 3.63) is 46.6 Å². The summed E-state index contributed by atoms with van der Waals surface area (Å²) < 4.78 is 1.49. The van der Waals surface area contributed by atoms with Gasteiger partial charge >= 0.3 is 0 Å². The molecule has 24 heavy (non-hydrogen) atoms. The van der Waals surface area contributed by atoms with Gasteiger partial charge in [-0.2, -0.15) is 0 Å². The van der Waals surface area contributed by atoms with Gasteiger partial charge in [0.1, 0.15) is 0 Å². The maximum absolute atomic E-state index is 11.0. The van der Waals surface area contributed by atoms with Gasteiger partial charge in [0.2, 0.25) is 5.24 Å². The van der Waals surface area contributed by atoms with Gasteiger partial charge < -0.3 is 5.53 Å². The fraction of sp³-hybridized carbons (Fsp3) is 0.526. The van der Waals surface area contributed by atoms with E-state index < -0.39 is 0 Å². The first-order valence-electron chi connectivity index (χ1n) is 8.57. The maximum Gasteiger partial charge on any atom is 0.226 e. The Kier molecular flexibility index (Phi) is 4.85. The molecule has 0 N–H and O–H groups in total. The number of nitrogens with zero attached hydrogens (tertiary/aromatic N) is 2. The Morgan fingerprint density at radius 3 is 2.42 bits per heavy atom. The zero-order chi connectivity index (χ0) is 16.0. The average Bonchev–Trinajstić information content (AvgIpc) is 2.55. The second-order valence-corrected chi connectivity index (χ2v) is 7.81. The molecule has 1 aromatic carbocycles. The van der Waals surface area contributed by atoms with Crippen LogP contribution in [0.3, 0.4) is 0 Å². The SMILES string of the molecule is Cl.[N-]=[N+]1C2=C(c3ccc(CC(=O)Cl)cc3)C1CC1(CCCCC1)C2. The van der Waals surface area contributed by atoms with E-state index in [1.807, 2.05) is 12.1 Å². The van der Waals surface area contributed by atoms with Gasteiger partial charge in [-0.25, -0.2) is 0 Å². The maximum atomic E-state index is 11.0. The monoisotopic (exact) mass is 364 g/mol. The number of benzene rings is 1. The van der Waals surface area contributed by atoms with Crippen molar-refractivity contribution in [2.75, 3.05) is 0 Å². The third kappa shape index (κ3) is 2.93. The van der Waals surface area contributed by atoms with Crippen LogP contribution in [0.15, 0.2) is 30.0 Å². The van der Waals surface area contributed by atoms with Gasteiger partial charge in [0, 0.05) is 19.3 Å². The molecule has 3 nitrogen and oxygen atoms in total. The van der Waals surface area contributed by atoms with Crippen molar-refractivity contribution < 1.29 is 9.49 Å². The lowest BCUT2D eigenvalue weighted by Crippen LogP contribution is -2.48. The Bertz CT molecular complexity index is 703. The van der Waals surface area contributed by atoms with Crippen LogP contribution in [0, 0.1) is 5.41 Å². The average molecular weight is 365 g/mol.